The van der Waals surface area contributed by atoms with Crippen molar-refractivity contribution < 1.29 is 0 Å². The van der Waals surface area contributed by atoms with Crippen LogP contribution in [0.3, 0.4) is 0 Å². The summed E-state index contributed by atoms with van der Waals surface area (Å²) < 4.78 is 2.68. The minimum absolute atomic E-state index is 0.104. The van der Waals surface area contributed by atoms with Crippen LogP contribution in [0.25, 0.3) is 85.9 Å². The van der Waals surface area contributed by atoms with Gasteiger partial charge < -0.3 is 0 Å². The number of hydrogen-bond donors (Lipinski definition) is 0. The summed E-state index contributed by atoms with van der Waals surface area (Å²) in [5.41, 5.74) is 10.7. The molecule has 1 aliphatic carbocycles. The molecule has 0 nitrogen and oxygen atoms in total. The summed E-state index contributed by atoms with van der Waals surface area (Å²) in [6, 6.07) is 54.5. The van der Waals surface area contributed by atoms with Crippen molar-refractivity contribution in [3.63, 3.8) is 0 Å². The zero-order valence-corrected chi connectivity index (χ0v) is 26.6. The third kappa shape index (κ3) is 3.49. The first kappa shape index (κ1) is 26.0. The molecule has 0 bridgehead atoms. The standard InChI is InChI=1S/C45H30S/c1-45(2)39-25-28(20-22-31(39)38-24-19-27-11-3-4-12-30(27)44(38)45)42-34-14-5-7-16-36(34)43(37-17-8-6-15-35(37)42)29-21-23-33-32-13-9-10-18-40(32)46-41(33)26-29/h3-26H,1-2H3. The summed E-state index contributed by atoms with van der Waals surface area (Å²) in [6.45, 7) is 4.80. The maximum atomic E-state index is 2.49. The number of thiophene rings is 1. The van der Waals surface area contributed by atoms with E-state index >= 15 is 0 Å². The summed E-state index contributed by atoms with van der Waals surface area (Å²) in [6.07, 6.45) is 0. The van der Waals surface area contributed by atoms with Crippen molar-refractivity contribution in [2.75, 3.05) is 0 Å². The van der Waals surface area contributed by atoms with E-state index in [0.29, 0.717) is 0 Å². The van der Waals surface area contributed by atoms with E-state index < -0.39 is 0 Å². The number of benzene rings is 8. The van der Waals surface area contributed by atoms with Crippen molar-refractivity contribution in [1.29, 1.82) is 0 Å². The Balaban J connectivity index is 1.23. The molecule has 0 saturated heterocycles. The van der Waals surface area contributed by atoms with Gasteiger partial charge in [-0.3, -0.25) is 0 Å². The summed E-state index contributed by atoms with van der Waals surface area (Å²) in [5.74, 6) is 0. The molecule has 46 heavy (non-hydrogen) atoms. The van der Waals surface area contributed by atoms with Gasteiger partial charge in [-0.05, 0) is 95.0 Å². The zero-order valence-electron chi connectivity index (χ0n) is 25.8. The van der Waals surface area contributed by atoms with E-state index in [1.165, 1.54) is 97.0 Å². The Labute approximate surface area is 272 Å². The highest BCUT2D eigenvalue weighted by molar-refractivity contribution is 7.25. The highest BCUT2D eigenvalue weighted by Crippen LogP contribution is 2.53. The van der Waals surface area contributed by atoms with Gasteiger partial charge in [-0.25, -0.2) is 0 Å². The van der Waals surface area contributed by atoms with Gasteiger partial charge in [-0.15, -0.1) is 11.3 Å². The minimum atomic E-state index is -0.104. The van der Waals surface area contributed by atoms with Gasteiger partial charge in [-0.2, -0.15) is 0 Å². The zero-order chi connectivity index (χ0) is 30.6. The van der Waals surface area contributed by atoms with Gasteiger partial charge in [0.1, 0.15) is 0 Å². The molecule has 216 valence electrons. The predicted molar refractivity (Wildman–Crippen MR) is 200 cm³/mol. The van der Waals surface area contributed by atoms with Crippen molar-refractivity contribution in [2.45, 2.75) is 19.3 Å². The van der Waals surface area contributed by atoms with E-state index in [1.54, 1.807) is 0 Å². The molecule has 1 aliphatic rings. The molecule has 0 atom stereocenters. The first-order valence-electron chi connectivity index (χ1n) is 16.1. The van der Waals surface area contributed by atoms with Crippen molar-refractivity contribution in [1.82, 2.24) is 0 Å². The summed E-state index contributed by atoms with van der Waals surface area (Å²) in [7, 11) is 0. The fourth-order valence-electron chi connectivity index (χ4n) is 8.39. The Morgan fingerprint density at radius 3 is 1.63 bits per heavy atom. The summed E-state index contributed by atoms with van der Waals surface area (Å²) >= 11 is 1.89. The van der Waals surface area contributed by atoms with E-state index in [-0.39, 0.29) is 5.41 Å². The number of hydrogen-bond acceptors (Lipinski definition) is 1. The average Bonchev–Trinajstić information content (AvgIpc) is 3.58. The summed E-state index contributed by atoms with van der Waals surface area (Å²) in [4.78, 5) is 0. The molecule has 0 radical (unpaired) electrons. The molecule has 0 amide bonds. The van der Waals surface area contributed by atoms with Gasteiger partial charge in [-0.1, -0.05) is 141 Å². The van der Waals surface area contributed by atoms with Gasteiger partial charge in [0.15, 0.2) is 0 Å². The van der Waals surface area contributed by atoms with Crippen LogP contribution in [-0.2, 0) is 5.41 Å². The third-order valence-electron chi connectivity index (χ3n) is 10.4. The second-order valence-corrected chi connectivity index (χ2v) is 14.3. The lowest BCUT2D eigenvalue weighted by Gasteiger charge is -2.24. The van der Waals surface area contributed by atoms with Gasteiger partial charge >= 0.3 is 0 Å². The molecule has 0 fully saturated rings. The molecule has 0 aliphatic heterocycles. The van der Waals surface area contributed by atoms with Crippen molar-refractivity contribution >= 4 is 63.8 Å². The second kappa shape index (κ2) is 9.39. The topological polar surface area (TPSA) is 0 Å². The fraction of sp³-hybridized carbons (Fsp3) is 0.0667. The third-order valence-corrected chi connectivity index (χ3v) is 11.6. The van der Waals surface area contributed by atoms with Crippen LogP contribution < -0.4 is 0 Å². The van der Waals surface area contributed by atoms with Gasteiger partial charge in [0.2, 0.25) is 0 Å². The van der Waals surface area contributed by atoms with Gasteiger partial charge in [0.25, 0.3) is 0 Å². The normalized spacial score (nSPS) is 13.6. The van der Waals surface area contributed by atoms with E-state index in [1.807, 2.05) is 11.3 Å². The number of rotatable bonds is 2. The van der Waals surface area contributed by atoms with Crippen LogP contribution in [0, 0.1) is 0 Å². The molecule has 10 rings (SSSR count). The Kier molecular flexibility index (Phi) is 5.31. The molecular formula is C45H30S. The molecule has 1 heterocycles. The Bertz CT molecular complexity index is 2660. The van der Waals surface area contributed by atoms with Crippen LogP contribution >= 0.6 is 11.3 Å². The van der Waals surface area contributed by atoms with Gasteiger partial charge in [0.05, 0.1) is 0 Å². The quantitative estimate of drug-likeness (QED) is 0.173. The Morgan fingerprint density at radius 2 is 0.935 bits per heavy atom. The Hall–Kier alpha value is -5.24. The Morgan fingerprint density at radius 1 is 0.413 bits per heavy atom. The van der Waals surface area contributed by atoms with Crippen LogP contribution in [-0.4, -0.2) is 0 Å². The van der Waals surface area contributed by atoms with E-state index in [4.69, 9.17) is 0 Å². The minimum Gasteiger partial charge on any atom is -0.135 e. The molecule has 0 N–H and O–H groups in total. The monoisotopic (exact) mass is 602 g/mol. The first-order chi connectivity index (χ1) is 22.6. The highest BCUT2D eigenvalue weighted by Gasteiger charge is 2.37. The van der Waals surface area contributed by atoms with E-state index in [0.717, 1.165) is 0 Å². The summed E-state index contributed by atoms with van der Waals surface area (Å²) in [5, 5.41) is 10.5. The maximum Gasteiger partial charge on any atom is 0.0361 e. The predicted octanol–water partition coefficient (Wildman–Crippen LogP) is 13.2. The highest BCUT2D eigenvalue weighted by atomic mass is 32.1. The molecular weight excluding hydrogens is 573 g/mol. The lowest BCUT2D eigenvalue weighted by Crippen LogP contribution is -2.15. The molecule has 1 heteroatoms. The molecule has 9 aromatic rings. The molecule has 0 spiro atoms. The molecule has 8 aromatic carbocycles. The van der Waals surface area contributed by atoms with Crippen LogP contribution in [0.5, 0.6) is 0 Å². The van der Waals surface area contributed by atoms with Crippen LogP contribution in [0.15, 0.2) is 146 Å². The fourth-order valence-corrected chi connectivity index (χ4v) is 9.53. The lowest BCUT2D eigenvalue weighted by molar-refractivity contribution is 0.666. The average molecular weight is 603 g/mol. The van der Waals surface area contributed by atoms with Crippen molar-refractivity contribution in [3.8, 4) is 33.4 Å². The van der Waals surface area contributed by atoms with Crippen LogP contribution in [0.2, 0.25) is 0 Å². The van der Waals surface area contributed by atoms with Crippen LogP contribution in [0.1, 0.15) is 25.0 Å². The lowest BCUT2D eigenvalue weighted by atomic mass is 9.79. The largest absolute Gasteiger partial charge is 0.135 e. The van der Waals surface area contributed by atoms with Crippen molar-refractivity contribution in [2.24, 2.45) is 0 Å². The maximum absolute atomic E-state index is 2.49. The molecule has 1 aromatic heterocycles. The SMILES string of the molecule is CC1(C)c2cc(-c3c4ccccc4c(-c4ccc5c(c4)sc4ccccc45)c4ccccc34)ccc2-c2ccc3ccccc3c21. The van der Waals surface area contributed by atoms with Crippen molar-refractivity contribution in [3.05, 3.63) is 157 Å². The molecule has 0 unspecified atom stereocenters. The van der Waals surface area contributed by atoms with E-state index in [2.05, 4.69) is 159 Å². The smallest absolute Gasteiger partial charge is 0.0361 e. The first-order valence-corrected chi connectivity index (χ1v) is 16.9. The van der Waals surface area contributed by atoms with Gasteiger partial charge in [0, 0.05) is 25.6 Å². The molecule has 0 saturated carbocycles. The van der Waals surface area contributed by atoms with Crippen LogP contribution in [0.4, 0.5) is 0 Å². The number of fused-ring (bicyclic) bond motifs is 10. The second-order valence-electron chi connectivity index (χ2n) is 13.2. The van der Waals surface area contributed by atoms with E-state index in [9.17, 15) is 0 Å².